The topological polar surface area (TPSA) is 111 Å². The van der Waals surface area contributed by atoms with Gasteiger partial charge in [0.15, 0.2) is 0 Å². The molecule has 0 aliphatic carbocycles. The fourth-order valence-corrected chi connectivity index (χ4v) is 10.7. The van der Waals surface area contributed by atoms with Gasteiger partial charge in [0.05, 0.1) is 33.8 Å². The van der Waals surface area contributed by atoms with Crippen molar-refractivity contribution in [2.24, 2.45) is 0 Å². The van der Waals surface area contributed by atoms with Crippen LogP contribution >= 0.6 is 7.82 Å². The number of phosphoric ester groups is 1. The fraction of sp³-hybridized carbons (Fsp3) is 0.855. The summed E-state index contributed by atoms with van der Waals surface area (Å²) in [7, 11) is 1.51. The van der Waals surface area contributed by atoms with Crippen molar-refractivity contribution >= 4 is 19.7 Å². The predicted molar refractivity (Wildman–Crippen MR) is 342 cm³/mol. The number of amides is 1. The molecule has 2 N–H and O–H groups in total. The summed E-state index contributed by atoms with van der Waals surface area (Å²) in [5.41, 5.74) is 0. The molecule has 0 heterocycles. The number of carbonyl (C=O) groups is 2. The van der Waals surface area contributed by atoms with Crippen molar-refractivity contribution < 1.29 is 37.3 Å². The van der Waals surface area contributed by atoms with Crippen LogP contribution < -0.4 is 5.32 Å². The lowest BCUT2D eigenvalue weighted by Crippen LogP contribution is -2.47. The largest absolute Gasteiger partial charge is 0.472 e. The number of carbonyl (C=O) groups excluding carboxylic acids is 2. The molecule has 9 nitrogen and oxygen atoms in total. The van der Waals surface area contributed by atoms with E-state index in [0.29, 0.717) is 23.9 Å². The Hall–Kier alpha value is -2.03. The van der Waals surface area contributed by atoms with Gasteiger partial charge in [-0.3, -0.25) is 18.6 Å². The fourth-order valence-electron chi connectivity index (χ4n) is 10.0. The minimum atomic E-state index is -4.45. The number of nitrogens with zero attached hydrogens (tertiary/aromatic N) is 1. The van der Waals surface area contributed by atoms with E-state index in [0.717, 1.165) is 70.6 Å². The van der Waals surface area contributed by atoms with Crippen molar-refractivity contribution in [1.29, 1.82) is 0 Å². The standard InChI is InChI=1S/C69H131N2O7P/c1-7-10-13-16-19-22-25-28-30-31-32-33-34-35-36-37-38-39-41-44-47-50-53-56-59-62-69(73)78-67(60-57-54-51-48-45-42-27-24-21-18-15-12-9-3)66(65-77-79(74,75)76-64-63-71(4,5)6)70-68(72)61-58-55-52-49-46-43-40-29-26-23-20-17-14-11-8-2/h19,22,28,30,32-33,57,60,66-67H,7-18,20-21,23-27,29,31,34-56,58-59,61-65H2,1-6H3,(H-,70,72,74,75)/p+1/b22-19-,30-28-,33-32-,60-57+. The molecular formula is C69H132N2O7P+. The minimum absolute atomic E-state index is 0.0419. The SMILES string of the molecule is CCCCC/C=C\C/C=C\C/C=C\CCCCCCCCCCCCCCC(=O)OC(/C=C/CCCCCCCCCCCCC)C(COP(=O)(O)OCC[N+](C)(C)C)NC(=O)CCCCCCCCCCCCCCCCC. The van der Waals surface area contributed by atoms with Crippen molar-refractivity contribution in [3.05, 3.63) is 48.6 Å². The second-order valence-electron chi connectivity index (χ2n) is 24.4. The summed E-state index contributed by atoms with van der Waals surface area (Å²) < 4.78 is 30.8. The zero-order valence-corrected chi connectivity index (χ0v) is 54.0. The summed E-state index contributed by atoms with van der Waals surface area (Å²) in [5.74, 6) is -0.492. The molecule has 3 atom stereocenters. The van der Waals surface area contributed by atoms with E-state index in [2.05, 4.69) is 62.5 Å². The molecule has 0 bridgehead atoms. The molecule has 0 rings (SSSR count). The maximum atomic E-state index is 13.6. The van der Waals surface area contributed by atoms with E-state index < -0.39 is 20.0 Å². The third kappa shape index (κ3) is 60.4. The van der Waals surface area contributed by atoms with E-state index >= 15 is 0 Å². The first-order chi connectivity index (χ1) is 38.4. The average molecular weight is 1130 g/mol. The number of phosphoric acid groups is 1. The van der Waals surface area contributed by atoms with Crippen molar-refractivity contribution in [3.8, 4) is 0 Å². The highest BCUT2D eigenvalue weighted by atomic mass is 31.2. The Balaban J connectivity index is 5.10. The molecule has 3 unspecified atom stereocenters. The molecule has 1 amide bonds. The van der Waals surface area contributed by atoms with E-state index in [1.165, 1.54) is 225 Å². The van der Waals surface area contributed by atoms with Crippen molar-refractivity contribution in [3.63, 3.8) is 0 Å². The number of quaternary nitrogens is 1. The molecule has 0 aliphatic heterocycles. The maximum absolute atomic E-state index is 13.6. The molecule has 0 spiro atoms. The van der Waals surface area contributed by atoms with Gasteiger partial charge in [-0.2, -0.15) is 0 Å². The quantitative estimate of drug-likeness (QED) is 0.0205. The van der Waals surface area contributed by atoms with Crippen molar-refractivity contribution in [2.45, 2.75) is 341 Å². The molecular weight excluding hydrogens is 1000 g/mol. The summed E-state index contributed by atoms with van der Waals surface area (Å²) in [6.45, 7) is 7.03. The van der Waals surface area contributed by atoms with E-state index in [1.54, 1.807) is 0 Å². The number of hydrogen-bond donors (Lipinski definition) is 2. The lowest BCUT2D eigenvalue weighted by molar-refractivity contribution is -0.870. The number of rotatable bonds is 62. The molecule has 0 aromatic heterocycles. The molecule has 0 saturated carbocycles. The highest BCUT2D eigenvalue weighted by molar-refractivity contribution is 7.47. The highest BCUT2D eigenvalue weighted by Crippen LogP contribution is 2.43. The van der Waals surface area contributed by atoms with Crippen LogP contribution in [0.3, 0.4) is 0 Å². The lowest BCUT2D eigenvalue weighted by atomic mass is 10.0. The number of esters is 1. The summed E-state index contributed by atoms with van der Waals surface area (Å²) in [5, 5.41) is 3.07. The third-order valence-electron chi connectivity index (χ3n) is 15.3. The number of ether oxygens (including phenoxy) is 1. The van der Waals surface area contributed by atoms with Crippen LogP contribution in [0.15, 0.2) is 48.6 Å². The molecule has 0 fully saturated rings. The van der Waals surface area contributed by atoms with Gasteiger partial charge in [-0.15, -0.1) is 0 Å². The molecule has 0 aliphatic rings. The van der Waals surface area contributed by atoms with Crippen molar-refractivity contribution in [2.75, 3.05) is 40.9 Å². The second kappa shape index (κ2) is 59.1. The molecule has 0 aromatic rings. The Morgan fingerprint density at radius 3 is 1.18 bits per heavy atom. The average Bonchev–Trinajstić information content (AvgIpc) is 3.41. The number of unbranched alkanes of at least 4 members (excludes halogenated alkanes) is 40. The van der Waals surface area contributed by atoms with Gasteiger partial charge >= 0.3 is 13.8 Å². The Morgan fingerprint density at radius 1 is 0.443 bits per heavy atom. The lowest BCUT2D eigenvalue weighted by Gasteiger charge is -2.27. The molecule has 0 saturated heterocycles. The second-order valence-corrected chi connectivity index (χ2v) is 25.8. The number of nitrogens with one attached hydrogen (secondary N) is 1. The van der Waals surface area contributed by atoms with E-state index in [-0.39, 0.29) is 25.1 Å². The summed E-state index contributed by atoms with van der Waals surface area (Å²) in [4.78, 5) is 37.8. The number of hydrogen-bond acceptors (Lipinski definition) is 6. The minimum Gasteiger partial charge on any atom is -0.456 e. The normalized spacial score (nSPS) is 13.9. The molecule has 0 radical (unpaired) electrons. The van der Waals surface area contributed by atoms with Gasteiger partial charge in [0.25, 0.3) is 0 Å². The van der Waals surface area contributed by atoms with Crippen molar-refractivity contribution in [1.82, 2.24) is 5.32 Å². The summed E-state index contributed by atoms with van der Waals surface area (Å²) in [6, 6.07) is -0.846. The third-order valence-corrected chi connectivity index (χ3v) is 16.3. The molecule has 10 heteroatoms. The van der Waals surface area contributed by atoms with Gasteiger partial charge in [-0.05, 0) is 70.3 Å². The first-order valence-electron chi connectivity index (χ1n) is 34.0. The first kappa shape index (κ1) is 77.0. The van der Waals surface area contributed by atoms with Crippen LogP contribution in [-0.4, -0.2) is 74.3 Å². The zero-order chi connectivity index (χ0) is 57.9. The molecule has 79 heavy (non-hydrogen) atoms. The number of allylic oxidation sites excluding steroid dienone is 7. The monoisotopic (exact) mass is 1130 g/mol. The highest BCUT2D eigenvalue weighted by Gasteiger charge is 2.30. The Morgan fingerprint density at radius 2 is 0.772 bits per heavy atom. The van der Waals surface area contributed by atoms with Crippen LogP contribution in [0.2, 0.25) is 0 Å². The first-order valence-corrected chi connectivity index (χ1v) is 35.5. The van der Waals surface area contributed by atoms with Crippen LogP contribution in [0.25, 0.3) is 0 Å². The Bertz CT molecular complexity index is 1490. The summed E-state index contributed by atoms with van der Waals surface area (Å²) >= 11 is 0. The predicted octanol–water partition coefficient (Wildman–Crippen LogP) is 21.2. The van der Waals surface area contributed by atoms with Gasteiger partial charge in [-0.25, -0.2) is 4.57 Å². The van der Waals surface area contributed by atoms with E-state index in [4.69, 9.17) is 13.8 Å². The molecule has 0 aromatic carbocycles. The van der Waals surface area contributed by atoms with E-state index in [9.17, 15) is 19.0 Å². The van der Waals surface area contributed by atoms with Crippen LogP contribution in [0.5, 0.6) is 0 Å². The maximum Gasteiger partial charge on any atom is 0.472 e. The smallest absolute Gasteiger partial charge is 0.456 e. The van der Waals surface area contributed by atoms with Crippen LogP contribution in [-0.2, 0) is 27.9 Å². The van der Waals surface area contributed by atoms with Gasteiger partial charge < -0.3 is 19.4 Å². The molecule has 464 valence electrons. The number of likely N-dealkylation sites (N-methyl/N-ethyl adjacent to an activating group) is 1. The van der Waals surface area contributed by atoms with Crippen LogP contribution in [0, 0.1) is 0 Å². The van der Waals surface area contributed by atoms with Gasteiger partial charge in [-0.1, -0.05) is 294 Å². The Labute approximate surface area is 490 Å². The van der Waals surface area contributed by atoms with Gasteiger partial charge in [0.1, 0.15) is 19.3 Å². The zero-order valence-electron chi connectivity index (χ0n) is 53.1. The van der Waals surface area contributed by atoms with E-state index in [1.807, 2.05) is 33.3 Å². The Kier molecular flexibility index (Phi) is 57.6. The van der Waals surface area contributed by atoms with Gasteiger partial charge in [0, 0.05) is 12.8 Å². The van der Waals surface area contributed by atoms with Gasteiger partial charge in [0.2, 0.25) is 5.91 Å². The van der Waals surface area contributed by atoms with Crippen LogP contribution in [0.1, 0.15) is 329 Å². The van der Waals surface area contributed by atoms with Crippen LogP contribution in [0.4, 0.5) is 0 Å². The summed E-state index contributed by atoms with van der Waals surface area (Å²) in [6.07, 6.45) is 73.9.